The number of rotatable bonds is 5. The van der Waals surface area contributed by atoms with Crippen LogP contribution in [-0.4, -0.2) is 33.5 Å². The topological polar surface area (TPSA) is 63.9 Å². The Morgan fingerprint density at radius 1 is 1.03 bits per heavy atom. The number of pyridine rings is 1. The molecule has 0 aliphatic carbocycles. The lowest BCUT2D eigenvalue weighted by Crippen LogP contribution is -2.27. The molecule has 2 aromatic carbocycles. The second-order valence-electron chi connectivity index (χ2n) is 8.46. The van der Waals surface area contributed by atoms with Gasteiger partial charge in [0.25, 0.3) is 5.91 Å². The van der Waals surface area contributed by atoms with Gasteiger partial charge in [-0.2, -0.15) is 0 Å². The largest absolute Gasteiger partial charge is 0.434 e. The number of hydrogen-bond donors (Lipinski definition) is 0. The highest BCUT2D eigenvalue weighted by Gasteiger charge is 2.22. The molecule has 1 aliphatic rings. The summed E-state index contributed by atoms with van der Waals surface area (Å²) in [5.74, 6) is -1.69. The Balaban J connectivity index is 1.58. The molecule has 4 aromatic rings. The molecule has 1 saturated heterocycles. The van der Waals surface area contributed by atoms with Crippen LogP contribution in [0, 0.1) is 11.6 Å². The maximum absolute atomic E-state index is 14.0. The van der Waals surface area contributed by atoms with Crippen LogP contribution >= 0.6 is 0 Å². The number of carbonyl (C=O) groups excluding carboxylic acids is 1. The summed E-state index contributed by atoms with van der Waals surface area (Å²) in [6.45, 7) is 3.47. The molecule has 3 heterocycles. The Hall–Kier alpha value is -4.07. The summed E-state index contributed by atoms with van der Waals surface area (Å²) in [7, 11) is 0. The number of ether oxygens (including phenoxy) is 1. The van der Waals surface area contributed by atoms with Crippen LogP contribution in [0.15, 0.2) is 65.6 Å². The van der Waals surface area contributed by atoms with Crippen LogP contribution in [-0.2, 0) is 6.42 Å². The normalized spacial score (nSPS) is 13.4. The Morgan fingerprint density at radius 3 is 2.57 bits per heavy atom. The van der Waals surface area contributed by atoms with Crippen LogP contribution < -0.4 is 10.2 Å². The van der Waals surface area contributed by atoms with E-state index in [1.807, 2.05) is 24.0 Å². The molecule has 1 fully saturated rings. The molecule has 35 heavy (non-hydrogen) atoms. The summed E-state index contributed by atoms with van der Waals surface area (Å²) in [5, 5.41) is 4.36. The van der Waals surface area contributed by atoms with E-state index in [1.54, 1.807) is 12.1 Å². The van der Waals surface area contributed by atoms with E-state index in [1.165, 1.54) is 28.9 Å². The number of nitrogens with zero attached hydrogens (tertiary/aromatic N) is 3. The van der Waals surface area contributed by atoms with Gasteiger partial charge >= 0.3 is 0 Å². The molecule has 0 radical (unpaired) electrons. The van der Waals surface area contributed by atoms with Crippen molar-refractivity contribution in [3.05, 3.63) is 93.8 Å². The van der Waals surface area contributed by atoms with Crippen LogP contribution in [0.1, 0.15) is 35.7 Å². The quantitative estimate of drug-likeness (QED) is 0.397. The van der Waals surface area contributed by atoms with Gasteiger partial charge in [0.05, 0.1) is 11.1 Å². The van der Waals surface area contributed by atoms with E-state index in [4.69, 9.17) is 4.74 Å². The fourth-order valence-electron chi connectivity index (χ4n) is 4.43. The molecule has 5 rings (SSSR count). The number of likely N-dealkylation sites (tertiary alicyclic amines) is 1. The number of carbonyl (C=O) groups is 1. The number of halogens is 2. The zero-order valence-electron chi connectivity index (χ0n) is 19.1. The first-order valence-corrected chi connectivity index (χ1v) is 11.5. The molecule has 6 nitrogen and oxygen atoms in total. The van der Waals surface area contributed by atoms with Gasteiger partial charge in [-0.1, -0.05) is 13.0 Å². The van der Waals surface area contributed by atoms with E-state index in [9.17, 15) is 18.4 Å². The highest BCUT2D eigenvalue weighted by molar-refractivity contribution is 5.97. The first-order valence-electron chi connectivity index (χ1n) is 11.5. The average molecular weight is 475 g/mol. The van der Waals surface area contributed by atoms with Crippen molar-refractivity contribution in [2.75, 3.05) is 13.1 Å². The van der Waals surface area contributed by atoms with Gasteiger partial charge in [0.15, 0.2) is 17.0 Å². The summed E-state index contributed by atoms with van der Waals surface area (Å²) in [6, 6.07) is 13.1. The van der Waals surface area contributed by atoms with Crippen molar-refractivity contribution in [2.45, 2.75) is 26.2 Å². The lowest BCUT2D eigenvalue weighted by Gasteiger charge is -2.17. The number of aromatic nitrogens is 2. The lowest BCUT2D eigenvalue weighted by molar-refractivity contribution is 0.0793. The second-order valence-corrected chi connectivity index (χ2v) is 8.46. The van der Waals surface area contributed by atoms with E-state index >= 15 is 0 Å². The Labute approximate surface area is 200 Å². The Morgan fingerprint density at radius 2 is 1.83 bits per heavy atom. The molecule has 0 saturated carbocycles. The van der Waals surface area contributed by atoms with E-state index in [2.05, 4.69) is 5.10 Å². The monoisotopic (exact) mass is 475 g/mol. The molecule has 8 heteroatoms. The van der Waals surface area contributed by atoms with Gasteiger partial charge in [-0.05, 0) is 60.7 Å². The van der Waals surface area contributed by atoms with E-state index in [0.29, 0.717) is 28.6 Å². The van der Waals surface area contributed by atoms with Gasteiger partial charge in [0.2, 0.25) is 5.88 Å². The number of fused-ring (bicyclic) bond motifs is 1. The number of benzene rings is 2. The fourth-order valence-corrected chi connectivity index (χ4v) is 4.43. The van der Waals surface area contributed by atoms with Crippen molar-refractivity contribution in [3.63, 3.8) is 0 Å². The minimum Gasteiger partial charge on any atom is -0.434 e. The van der Waals surface area contributed by atoms with Gasteiger partial charge in [-0.25, -0.2) is 13.3 Å². The fraction of sp³-hybridized carbons (Fsp3) is 0.222. The Bertz CT molecular complexity index is 1490. The van der Waals surface area contributed by atoms with Crippen molar-refractivity contribution in [1.29, 1.82) is 0 Å². The zero-order valence-corrected chi connectivity index (χ0v) is 19.1. The maximum atomic E-state index is 14.0. The third-order valence-electron chi connectivity index (χ3n) is 6.22. The molecule has 2 aromatic heterocycles. The van der Waals surface area contributed by atoms with Crippen LogP contribution in [0.2, 0.25) is 0 Å². The highest BCUT2D eigenvalue weighted by atomic mass is 19.1. The van der Waals surface area contributed by atoms with Crippen molar-refractivity contribution in [2.24, 2.45) is 0 Å². The van der Waals surface area contributed by atoms with Crippen molar-refractivity contribution < 1.29 is 18.3 Å². The standard InChI is InChI=1S/C27H23F2N3O3/c1-2-17-5-6-18(27(34)31-12-3-4-13-31)15-20(17)26-22-8-10-25(30-32(22)14-11-23(26)33)35-24-9-7-19(28)16-21(24)29/h5-11,14-16H,2-4,12-13H2,1H3. The summed E-state index contributed by atoms with van der Waals surface area (Å²) in [5.41, 5.74) is 2.89. The SMILES string of the molecule is CCc1ccc(C(=O)N2CCCC2)cc1-c1c(=O)ccn2nc(Oc3ccc(F)cc3F)ccc12. The van der Waals surface area contributed by atoms with Crippen LogP contribution in [0.3, 0.4) is 0 Å². The zero-order chi connectivity index (χ0) is 24.5. The molecule has 0 N–H and O–H groups in total. The van der Waals surface area contributed by atoms with Crippen LogP contribution in [0.4, 0.5) is 8.78 Å². The summed E-state index contributed by atoms with van der Waals surface area (Å²) >= 11 is 0. The molecule has 0 spiro atoms. The predicted octanol–water partition coefficient (Wildman–Crippen LogP) is 5.23. The molecular weight excluding hydrogens is 452 g/mol. The molecule has 0 atom stereocenters. The Kier molecular flexibility index (Phi) is 6.03. The van der Waals surface area contributed by atoms with Crippen LogP contribution in [0.25, 0.3) is 16.6 Å². The van der Waals surface area contributed by atoms with Crippen LogP contribution in [0.5, 0.6) is 11.6 Å². The van der Waals surface area contributed by atoms with E-state index in [0.717, 1.165) is 43.6 Å². The molecule has 1 aliphatic heterocycles. The minimum absolute atomic E-state index is 0.0399. The minimum atomic E-state index is -0.848. The third-order valence-corrected chi connectivity index (χ3v) is 6.22. The van der Waals surface area contributed by atoms with Gasteiger partial charge in [0.1, 0.15) is 5.82 Å². The average Bonchev–Trinajstić information content (AvgIpc) is 3.40. The molecular formula is C27H23F2N3O3. The van der Waals surface area contributed by atoms with Crippen molar-refractivity contribution in [1.82, 2.24) is 14.5 Å². The molecule has 0 bridgehead atoms. The predicted molar refractivity (Wildman–Crippen MR) is 128 cm³/mol. The van der Waals surface area contributed by atoms with Crippen molar-refractivity contribution in [3.8, 4) is 22.8 Å². The van der Waals surface area contributed by atoms with Gasteiger partial charge in [0, 0.05) is 43.0 Å². The maximum Gasteiger partial charge on any atom is 0.253 e. The first kappa shape index (κ1) is 22.7. The van der Waals surface area contributed by atoms with E-state index < -0.39 is 11.6 Å². The van der Waals surface area contributed by atoms with Crippen molar-refractivity contribution >= 4 is 11.4 Å². The summed E-state index contributed by atoms with van der Waals surface area (Å²) in [4.78, 5) is 27.9. The third kappa shape index (κ3) is 4.39. The van der Waals surface area contributed by atoms with Gasteiger partial charge in [-0.15, -0.1) is 5.10 Å². The lowest BCUT2D eigenvalue weighted by atomic mass is 9.94. The second kappa shape index (κ2) is 9.29. The first-order chi connectivity index (χ1) is 16.9. The molecule has 178 valence electrons. The number of aryl methyl sites for hydroxylation is 1. The molecule has 0 unspecified atom stereocenters. The highest BCUT2D eigenvalue weighted by Crippen LogP contribution is 2.29. The number of amides is 1. The summed E-state index contributed by atoms with van der Waals surface area (Å²) in [6.07, 6.45) is 4.16. The smallest absolute Gasteiger partial charge is 0.253 e. The van der Waals surface area contributed by atoms with E-state index in [-0.39, 0.29) is 23.0 Å². The van der Waals surface area contributed by atoms with Gasteiger partial charge in [-0.3, -0.25) is 9.59 Å². The molecule has 1 amide bonds. The number of hydrogen-bond acceptors (Lipinski definition) is 4. The summed E-state index contributed by atoms with van der Waals surface area (Å²) < 4.78 is 34.2. The van der Waals surface area contributed by atoms with Gasteiger partial charge < -0.3 is 9.64 Å².